The Balaban J connectivity index is 1.99. The Morgan fingerprint density at radius 1 is 1.35 bits per heavy atom. The van der Waals surface area contributed by atoms with Crippen molar-refractivity contribution in [1.82, 2.24) is 9.88 Å². The maximum atomic E-state index is 14.9. The second-order valence-electron chi connectivity index (χ2n) is 6.93. The molecule has 1 saturated carbocycles. The van der Waals surface area contributed by atoms with Gasteiger partial charge in [0.2, 0.25) is 0 Å². The van der Waals surface area contributed by atoms with E-state index in [1.54, 1.807) is 15.7 Å². The zero-order valence-corrected chi connectivity index (χ0v) is 14.3. The molecule has 1 aliphatic carbocycles. The standard InChI is InChI=1S/C18H20F3N3O2/c1-10-9-23(7-5-22-10)16-13(19)8-12-14(25)4-6-24(11-2-3-11)15(12)17(16)26-18(20)21/h4,6,8,10-11,18,22H,2-3,5,7,9H2,1H3. The molecule has 1 aromatic carbocycles. The molecule has 140 valence electrons. The minimum absolute atomic E-state index is 0.00569. The van der Waals surface area contributed by atoms with Crippen LogP contribution in [0.5, 0.6) is 5.75 Å². The Bertz CT molecular complexity index is 895. The molecule has 26 heavy (non-hydrogen) atoms. The van der Waals surface area contributed by atoms with E-state index in [1.807, 2.05) is 6.92 Å². The van der Waals surface area contributed by atoms with Crippen molar-refractivity contribution in [2.24, 2.45) is 0 Å². The molecule has 1 atom stereocenters. The van der Waals surface area contributed by atoms with Crippen molar-refractivity contribution in [2.45, 2.75) is 38.5 Å². The predicted molar refractivity (Wildman–Crippen MR) is 92.7 cm³/mol. The molecule has 1 N–H and O–H groups in total. The van der Waals surface area contributed by atoms with Gasteiger partial charge in [-0.2, -0.15) is 8.78 Å². The lowest BCUT2D eigenvalue weighted by Gasteiger charge is -2.35. The molecule has 1 unspecified atom stereocenters. The minimum Gasteiger partial charge on any atom is -0.430 e. The van der Waals surface area contributed by atoms with E-state index in [2.05, 4.69) is 5.32 Å². The van der Waals surface area contributed by atoms with Crippen LogP contribution in [0.2, 0.25) is 0 Å². The number of hydrogen-bond acceptors (Lipinski definition) is 4. The highest BCUT2D eigenvalue weighted by Gasteiger charge is 2.31. The maximum Gasteiger partial charge on any atom is 0.387 e. The average molecular weight is 367 g/mol. The van der Waals surface area contributed by atoms with Crippen LogP contribution in [0.15, 0.2) is 23.1 Å². The fraction of sp³-hybridized carbons (Fsp3) is 0.500. The van der Waals surface area contributed by atoms with Gasteiger partial charge in [-0.25, -0.2) is 4.39 Å². The maximum absolute atomic E-state index is 14.9. The van der Waals surface area contributed by atoms with E-state index in [-0.39, 0.29) is 34.4 Å². The quantitative estimate of drug-likeness (QED) is 0.903. The Labute approximate surface area is 148 Å². The van der Waals surface area contributed by atoms with Gasteiger partial charge in [-0.1, -0.05) is 0 Å². The van der Waals surface area contributed by atoms with Crippen LogP contribution < -0.4 is 20.4 Å². The summed E-state index contributed by atoms with van der Waals surface area (Å²) in [6.07, 6.45) is 3.37. The van der Waals surface area contributed by atoms with E-state index < -0.39 is 17.9 Å². The van der Waals surface area contributed by atoms with Gasteiger partial charge in [0.05, 0.1) is 10.9 Å². The lowest BCUT2D eigenvalue weighted by atomic mass is 10.1. The van der Waals surface area contributed by atoms with Gasteiger partial charge in [-0.05, 0) is 25.8 Å². The lowest BCUT2D eigenvalue weighted by Crippen LogP contribution is -2.49. The summed E-state index contributed by atoms with van der Waals surface area (Å²) in [5, 5.41) is 3.31. The van der Waals surface area contributed by atoms with E-state index in [1.165, 1.54) is 6.07 Å². The number of aromatic nitrogens is 1. The molecular formula is C18H20F3N3O2. The summed E-state index contributed by atoms with van der Waals surface area (Å²) in [6.45, 7) is 0.368. The zero-order chi connectivity index (χ0) is 18.4. The first kappa shape index (κ1) is 17.2. The summed E-state index contributed by atoms with van der Waals surface area (Å²) < 4.78 is 47.9. The lowest BCUT2D eigenvalue weighted by molar-refractivity contribution is -0.0488. The molecule has 0 spiro atoms. The van der Waals surface area contributed by atoms with Gasteiger partial charge >= 0.3 is 6.61 Å². The Morgan fingerprint density at radius 2 is 2.12 bits per heavy atom. The van der Waals surface area contributed by atoms with Gasteiger partial charge in [-0.3, -0.25) is 4.79 Å². The first-order valence-electron chi connectivity index (χ1n) is 8.76. The molecule has 0 bridgehead atoms. The first-order valence-corrected chi connectivity index (χ1v) is 8.76. The highest BCUT2D eigenvalue weighted by atomic mass is 19.3. The van der Waals surface area contributed by atoms with Crippen LogP contribution in [0, 0.1) is 5.82 Å². The number of anilines is 1. The van der Waals surface area contributed by atoms with Gasteiger partial charge in [0.15, 0.2) is 17.0 Å². The van der Waals surface area contributed by atoms with Crippen molar-refractivity contribution in [2.75, 3.05) is 24.5 Å². The number of rotatable bonds is 4. The number of alkyl halides is 2. The van der Waals surface area contributed by atoms with E-state index >= 15 is 0 Å². The molecule has 2 fully saturated rings. The van der Waals surface area contributed by atoms with Crippen molar-refractivity contribution < 1.29 is 17.9 Å². The smallest absolute Gasteiger partial charge is 0.387 e. The third-order valence-electron chi connectivity index (χ3n) is 4.92. The van der Waals surface area contributed by atoms with Crippen molar-refractivity contribution in [3.8, 4) is 5.75 Å². The summed E-state index contributed by atoms with van der Waals surface area (Å²) in [7, 11) is 0. The van der Waals surface area contributed by atoms with Crippen LogP contribution in [0.1, 0.15) is 25.8 Å². The predicted octanol–water partition coefficient (Wildman–Crippen LogP) is 2.88. The molecule has 0 amide bonds. The van der Waals surface area contributed by atoms with E-state index in [4.69, 9.17) is 4.74 Å². The number of halogens is 3. The van der Waals surface area contributed by atoms with E-state index in [9.17, 15) is 18.0 Å². The van der Waals surface area contributed by atoms with Crippen LogP contribution in [0.4, 0.5) is 18.9 Å². The topological polar surface area (TPSA) is 46.5 Å². The number of piperazine rings is 1. The molecule has 4 rings (SSSR count). The van der Waals surface area contributed by atoms with Crippen molar-refractivity contribution in [3.05, 3.63) is 34.4 Å². The van der Waals surface area contributed by atoms with Gasteiger partial charge in [0.25, 0.3) is 0 Å². The van der Waals surface area contributed by atoms with Crippen LogP contribution >= 0.6 is 0 Å². The number of hydrogen-bond donors (Lipinski definition) is 1. The zero-order valence-electron chi connectivity index (χ0n) is 14.3. The van der Waals surface area contributed by atoms with Crippen LogP contribution in [0.3, 0.4) is 0 Å². The second-order valence-corrected chi connectivity index (χ2v) is 6.93. The molecular weight excluding hydrogens is 347 g/mol. The molecule has 2 aromatic rings. The molecule has 0 radical (unpaired) electrons. The molecule has 2 heterocycles. The molecule has 1 aromatic heterocycles. The number of pyridine rings is 1. The van der Waals surface area contributed by atoms with E-state index in [0.717, 1.165) is 18.9 Å². The normalized spacial score (nSPS) is 20.8. The van der Waals surface area contributed by atoms with Crippen molar-refractivity contribution >= 4 is 16.6 Å². The Morgan fingerprint density at radius 3 is 2.77 bits per heavy atom. The van der Waals surface area contributed by atoms with Crippen LogP contribution in [-0.4, -0.2) is 36.9 Å². The Kier molecular flexibility index (Phi) is 4.30. The summed E-state index contributed by atoms with van der Waals surface area (Å²) in [4.78, 5) is 14.0. The summed E-state index contributed by atoms with van der Waals surface area (Å²) in [5.41, 5.74) is -0.149. The number of nitrogens with zero attached hydrogens (tertiary/aromatic N) is 2. The summed E-state index contributed by atoms with van der Waals surface area (Å²) in [6, 6.07) is 2.70. The summed E-state index contributed by atoms with van der Waals surface area (Å²) in [5.74, 6) is -0.957. The van der Waals surface area contributed by atoms with Gasteiger partial charge in [0.1, 0.15) is 5.69 Å². The molecule has 1 saturated heterocycles. The Hall–Kier alpha value is -2.22. The molecule has 1 aliphatic heterocycles. The largest absolute Gasteiger partial charge is 0.430 e. The highest BCUT2D eigenvalue weighted by molar-refractivity contribution is 5.91. The van der Waals surface area contributed by atoms with Gasteiger partial charge in [-0.15, -0.1) is 0 Å². The third kappa shape index (κ3) is 3.02. The minimum atomic E-state index is -3.11. The number of ether oxygens (including phenoxy) is 1. The highest BCUT2D eigenvalue weighted by Crippen LogP contribution is 2.44. The monoisotopic (exact) mass is 367 g/mol. The van der Waals surface area contributed by atoms with Crippen LogP contribution in [-0.2, 0) is 0 Å². The van der Waals surface area contributed by atoms with Crippen molar-refractivity contribution in [1.29, 1.82) is 0 Å². The summed E-state index contributed by atoms with van der Waals surface area (Å²) >= 11 is 0. The molecule has 5 nitrogen and oxygen atoms in total. The number of nitrogens with one attached hydrogen (secondary N) is 1. The fourth-order valence-electron chi connectivity index (χ4n) is 3.65. The third-order valence-corrected chi connectivity index (χ3v) is 4.92. The second kappa shape index (κ2) is 6.50. The molecule has 8 heteroatoms. The SMILES string of the molecule is CC1CN(c2c(F)cc3c(=O)ccn(C4CC4)c3c2OC(F)F)CCN1. The van der Waals surface area contributed by atoms with E-state index in [0.29, 0.717) is 19.6 Å². The number of fused-ring (bicyclic) bond motifs is 1. The van der Waals surface area contributed by atoms with Gasteiger partial charge in [0, 0.05) is 44.0 Å². The fourth-order valence-corrected chi connectivity index (χ4v) is 3.65. The number of benzene rings is 1. The van der Waals surface area contributed by atoms with Crippen molar-refractivity contribution in [3.63, 3.8) is 0 Å². The average Bonchev–Trinajstić information content (AvgIpc) is 3.40. The molecule has 2 aliphatic rings. The van der Waals surface area contributed by atoms with Crippen LogP contribution in [0.25, 0.3) is 10.9 Å². The first-order chi connectivity index (χ1) is 12.5. The van der Waals surface area contributed by atoms with Gasteiger partial charge < -0.3 is 19.5 Å².